The van der Waals surface area contributed by atoms with Crippen molar-refractivity contribution >= 4 is 27.7 Å². The average Bonchev–Trinajstić information content (AvgIpc) is 3.12. The minimum absolute atomic E-state index is 0.116. The second kappa shape index (κ2) is 6.22. The Kier molecular flexibility index (Phi) is 3.58. The molecule has 0 aliphatic carbocycles. The van der Waals surface area contributed by atoms with E-state index in [0.717, 1.165) is 27.6 Å². The Labute approximate surface area is 155 Å². The molecule has 0 spiro atoms. The summed E-state index contributed by atoms with van der Waals surface area (Å²) in [7, 11) is 0. The van der Waals surface area contributed by atoms with E-state index in [-0.39, 0.29) is 5.78 Å². The fourth-order valence-electron chi connectivity index (χ4n) is 3.40. The number of pyridine rings is 1. The molecule has 0 N–H and O–H groups in total. The maximum Gasteiger partial charge on any atom is 0.211 e. The van der Waals surface area contributed by atoms with Gasteiger partial charge >= 0.3 is 0 Å². The summed E-state index contributed by atoms with van der Waals surface area (Å²) in [6, 6.07) is 28.7. The van der Waals surface area contributed by atoms with Crippen molar-refractivity contribution in [1.29, 1.82) is 0 Å². The van der Waals surface area contributed by atoms with Crippen molar-refractivity contribution in [2.24, 2.45) is 0 Å². The molecule has 0 aliphatic heterocycles. The highest BCUT2D eigenvalue weighted by Crippen LogP contribution is 2.36. The van der Waals surface area contributed by atoms with Gasteiger partial charge in [-0.25, -0.2) is 4.98 Å². The van der Waals surface area contributed by atoms with E-state index >= 15 is 0 Å². The third-order valence-corrected chi connectivity index (χ3v) is 4.68. The molecule has 0 saturated heterocycles. The molecule has 128 valence electrons. The molecule has 3 aromatic carbocycles. The van der Waals surface area contributed by atoms with Crippen LogP contribution in [-0.2, 0) is 0 Å². The highest BCUT2D eigenvalue weighted by molar-refractivity contribution is 6.15. The van der Waals surface area contributed by atoms with Crippen molar-refractivity contribution in [3.8, 4) is 11.3 Å². The van der Waals surface area contributed by atoms with Gasteiger partial charge in [-0.1, -0.05) is 78.9 Å². The molecule has 0 atom stereocenters. The van der Waals surface area contributed by atoms with E-state index in [0.29, 0.717) is 16.8 Å². The fraction of sp³-hybridized carbons (Fsp3) is 0. The van der Waals surface area contributed by atoms with Crippen molar-refractivity contribution in [1.82, 2.24) is 4.98 Å². The van der Waals surface area contributed by atoms with Crippen LogP contribution in [0, 0.1) is 0 Å². The first-order valence-corrected chi connectivity index (χ1v) is 8.79. The number of aromatic nitrogens is 1. The van der Waals surface area contributed by atoms with Crippen molar-refractivity contribution < 1.29 is 9.21 Å². The van der Waals surface area contributed by atoms with Gasteiger partial charge in [0.25, 0.3) is 0 Å². The third-order valence-electron chi connectivity index (χ3n) is 4.68. The normalized spacial score (nSPS) is 11.1. The monoisotopic (exact) mass is 349 g/mol. The van der Waals surface area contributed by atoms with Gasteiger partial charge in [0.05, 0.1) is 11.1 Å². The number of para-hydroxylation sites is 1. The lowest BCUT2D eigenvalue weighted by atomic mass is 10.0. The second-order valence-corrected chi connectivity index (χ2v) is 6.39. The summed E-state index contributed by atoms with van der Waals surface area (Å²) < 4.78 is 6.05. The molecular weight excluding hydrogens is 334 g/mol. The van der Waals surface area contributed by atoms with Gasteiger partial charge in [0.1, 0.15) is 16.9 Å². The zero-order valence-electron chi connectivity index (χ0n) is 14.4. The largest absolute Gasteiger partial charge is 0.456 e. The molecule has 3 nitrogen and oxygen atoms in total. The van der Waals surface area contributed by atoms with Crippen molar-refractivity contribution in [3.05, 3.63) is 102 Å². The summed E-state index contributed by atoms with van der Waals surface area (Å²) in [6.07, 6.45) is 0. The Hall–Kier alpha value is -3.72. The number of hydrogen-bond acceptors (Lipinski definition) is 3. The number of furan rings is 1. The van der Waals surface area contributed by atoms with Gasteiger partial charge < -0.3 is 4.42 Å². The van der Waals surface area contributed by atoms with Crippen molar-refractivity contribution in [2.45, 2.75) is 0 Å². The van der Waals surface area contributed by atoms with Crippen LogP contribution in [0.2, 0.25) is 0 Å². The van der Waals surface area contributed by atoms with E-state index in [1.54, 1.807) is 18.2 Å². The lowest BCUT2D eigenvalue weighted by Crippen LogP contribution is -2.05. The van der Waals surface area contributed by atoms with Crippen LogP contribution in [0.1, 0.15) is 16.1 Å². The molecule has 0 amide bonds. The van der Waals surface area contributed by atoms with Crippen LogP contribution in [0.25, 0.3) is 33.2 Å². The van der Waals surface area contributed by atoms with Gasteiger partial charge in [-0.05, 0) is 6.07 Å². The van der Waals surface area contributed by atoms with E-state index in [2.05, 4.69) is 0 Å². The number of carbonyl (C=O) groups excluding carboxylic acids is 1. The van der Waals surface area contributed by atoms with Gasteiger partial charge in [-0.15, -0.1) is 0 Å². The lowest BCUT2D eigenvalue weighted by molar-refractivity contribution is 0.103. The molecule has 0 unspecified atom stereocenters. The van der Waals surface area contributed by atoms with Gasteiger partial charge in [0, 0.05) is 22.6 Å². The number of benzene rings is 3. The summed E-state index contributed by atoms with van der Waals surface area (Å²) >= 11 is 0. The van der Waals surface area contributed by atoms with E-state index in [1.165, 1.54) is 0 Å². The molecule has 0 radical (unpaired) electrons. The number of rotatable bonds is 3. The summed E-state index contributed by atoms with van der Waals surface area (Å²) in [5, 5.41) is 1.93. The Balaban J connectivity index is 1.82. The summed E-state index contributed by atoms with van der Waals surface area (Å²) in [5.74, 6) is -0.116. The molecule has 2 heterocycles. The minimum Gasteiger partial charge on any atom is -0.456 e. The molecule has 5 aromatic rings. The number of fused-ring (bicyclic) bond motifs is 3. The van der Waals surface area contributed by atoms with Gasteiger partial charge in [-0.3, -0.25) is 4.79 Å². The Morgan fingerprint density at radius 1 is 0.741 bits per heavy atom. The predicted octanol–water partition coefficient (Wildman–Crippen LogP) is 5.88. The Morgan fingerprint density at radius 2 is 1.41 bits per heavy atom. The topological polar surface area (TPSA) is 43.1 Å². The summed E-state index contributed by atoms with van der Waals surface area (Å²) in [6.45, 7) is 0. The van der Waals surface area contributed by atoms with Gasteiger partial charge in [-0.2, -0.15) is 0 Å². The van der Waals surface area contributed by atoms with Crippen LogP contribution in [0.4, 0.5) is 0 Å². The summed E-state index contributed by atoms with van der Waals surface area (Å²) in [5.41, 5.74) is 4.17. The zero-order chi connectivity index (χ0) is 18.2. The van der Waals surface area contributed by atoms with Crippen LogP contribution >= 0.6 is 0 Å². The number of carbonyl (C=O) groups is 1. The lowest BCUT2D eigenvalue weighted by Gasteiger charge is -2.07. The molecule has 0 bridgehead atoms. The SMILES string of the molecule is O=C(c1ccccc1)c1cc2oc3ccccc3c2c(-c2ccccc2)n1. The summed E-state index contributed by atoms with van der Waals surface area (Å²) in [4.78, 5) is 17.7. The highest BCUT2D eigenvalue weighted by Gasteiger charge is 2.19. The molecule has 0 fully saturated rings. The maximum atomic E-state index is 13.0. The van der Waals surface area contributed by atoms with Crippen LogP contribution in [0.15, 0.2) is 95.4 Å². The molecule has 5 rings (SSSR count). The first kappa shape index (κ1) is 15.5. The van der Waals surface area contributed by atoms with Crippen molar-refractivity contribution in [2.75, 3.05) is 0 Å². The molecule has 2 aromatic heterocycles. The molecule has 0 saturated carbocycles. The van der Waals surface area contributed by atoms with E-state index in [1.807, 2.05) is 72.8 Å². The third kappa shape index (κ3) is 2.61. The molecule has 3 heteroatoms. The molecule has 0 aliphatic rings. The number of hydrogen-bond donors (Lipinski definition) is 0. The van der Waals surface area contributed by atoms with Crippen LogP contribution in [0.5, 0.6) is 0 Å². The Morgan fingerprint density at radius 3 is 2.19 bits per heavy atom. The van der Waals surface area contributed by atoms with Crippen LogP contribution in [0.3, 0.4) is 0 Å². The number of ketones is 1. The van der Waals surface area contributed by atoms with Gasteiger partial charge in [0.15, 0.2) is 0 Å². The minimum atomic E-state index is -0.116. The quantitative estimate of drug-likeness (QED) is 0.382. The second-order valence-electron chi connectivity index (χ2n) is 6.39. The average molecular weight is 349 g/mol. The zero-order valence-corrected chi connectivity index (χ0v) is 14.4. The number of nitrogens with zero attached hydrogens (tertiary/aromatic N) is 1. The molecule has 27 heavy (non-hydrogen) atoms. The highest BCUT2D eigenvalue weighted by atomic mass is 16.3. The maximum absolute atomic E-state index is 13.0. The fourth-order valence-corrected chi connectivity index (χ4v) is 3.40. The van der Waals surface area contributed by atoms with E-state index < -0.39 is 0 Å². The van der Waals surface area contributed by atoms with E-state index in [9.17, 15) is 4.79 Å². The van der Waals surface area contributed by atoms with Crippen molar-refractivity contribution in [3.63, 3.8) is 0 Å². The van der Waals surface area contributed by atoms with Gasteiger partial charge in [0.2, 0.25) is 5.78 Å². The smallest absolute Gasteiger partial charge is 0.211 e. The molecular formula is C24H15NO2. The van der Waals surface area contributed by atoms with Crippen LogP contribution < -0.4 is 0 Å². The predicted molar refractivity (Wildman–Crippen MR) is 107 cm³/mol. The van der Waals surface area contributed by atoms with Crippen LogP contribution in [-0.4, -0.2) is 10.8 Å². The first-order valence-electron chi connectivity index (χ1n) is 8.79. The first-order chi connectivity index (χ1) is 13.3. The Bertz CT molecular complexity index is 1270. The van der Waals surface area contributed by atoms with E-state index in [4.69, 9.17) is 9.40 Å². The standard InChI is InChI=1S/C24H15NO2/c26-24(17-11-5-2-6-12-17)19-15-21-22(18-13-7-8-14-20(18)27-21)23(25-19)16-9-3-1-4-10-16/h1-15H.